The molecule has 3 heterocycles. The molecule has 0 fully saturated rings. The Morgan fingerprint density at radius 1 is 1.16 bits per heavy atom. The van der Waals surface area contributed by atoms with Gasteiger partial charge in [-0.25, -0.2) is 9.97 Å². The molecule has 0 aliphatic carbocycles. The molecule has 198 valence electrons. The number of fused-ring (bicyclic) bond motifs is 1. The molecular formula is C27H31IN8O2. The average molecular weight is 627 g/mol. The summed E-state index contributed by atoms with van der Waals surface area (Å²) in [6, 6.07) is 9.55. The second-order valence-corrected chi connectivity index (χ2v) is 9.56. The number of pyridine rings is 1. The van der Waals surface area contributed by atoms with Crippen LogP contribution >= 0.6 is 22.6 Å². The Balaban J connectivity index is 1.71. The van der Waals surface area contributed by atoms with Crippen molar-refractivity contribution in [3.05, 3.63) is 61.6 Å². The molecular weight excluding hydrogens is 595 g/mol. The molecule has 4 aromatic rings. The SMILES string of the molecule is C=CC(=O)Nc1cc(Nc2nccc(-c3cn(CI)c4cccnc34)n2)c(OC)cc1N(C)CCN(C)C. The van der Waals surface area contributed by atoms with E-state index in [2.05, 4.69) is 70.3 Å². The molecule has 4 rings (SSSR count). The minimum absolute atomic E-state index is 0.305. The summed E-state index contributed by atoms with van der Waals surface area (Å²) < 4.78 is 8.64. The first-order chi connectivity index (χ1) is 18.3. The highest BCUT2D eigenvalue weighted by Crippen LogP contribution is 2.38. The van der Waals surface area contributed by atoms with Crippen LogP contribution in [0.25, 0.3) is 22.3 Å². The van der Waals surface area contributed by atoms with Crippen molar-refractivity contribution in [3.63, 3.8) is 0 Å². The number of alkyl halides is 1. The third-order valence-corrected chi connectivity index (χ3v) is 6.73. The fourth-order valence-electron chi connectivity index (χ4n) is 4.00. The maximum absolute atomic E-state index is 12.2. The summed E-state index contributed by atoms with van der Waals surface area (Å²) >= 11 is 2.33. The highest BCUT2D eigenvalue weighted by Gasteiger charge is 2.17. The van der Waals surface area contributed by atoms with Gasteiger partial charge in [-0.15, -0.1) is 0 Å². The molecule has 2 N–H and O–H groups in total. The summed E-state index contributed by atoms with van der Waals surface area (Å²) in [5, 5.41) is 6.18. The van der Waals surface area contributed by atoms with Crippen molar-refractivity contribution in [2.75, 3.05) is 56.9 Å². The van der Waals surface area contributed by atoms with Crippen molar-refractivity contribution in [3.8, 4) is 17.0 Å². The first-order valence-electron chi connectivity index (χ1n) is 12.0. The van der Waals surface area contributed by atoms with Crippen molar-refractivity contribution >= 4 is 62.5 Å². The highest BCUT2D eigenvalue weighted by atomic mass is 127. The molecule has 1 amide bonds. The predicted octanol–water partition coefficient (Wildman–Crippen LogP) is 4.76. The van der Waals surface area contributed by atoms with Crippen LogP contribution in [0.2, 0.25) is 0 Å². The van der Waals surface area contributed by atoms with E-state index >= 15 is 0 Å². The van der Waals surface area contributed by atoms with Crippen molar-refractivity contribution < 1.29 is 9.53 Å². The lowest BCUT2D eigenvalue weighted by atomic mass is 10.2. The lowest BCUT2D eigenvalue weighted by molar-refractivity contribution is -0.111. The number of methoxy groups -OCH3 is 1. The molecule has 0 spiro atoms. The molecule has 11 heteroatoms. The van der Waals surface area contributed by atoms with E-state index in [0.29, 0.717) is 23.1 Å². The largest absolute Gasteiger partial charge is 0.494 e. The van der Waals surface area contributed by atoms with E-state index in [9.17, 15) is 4.79 Å². The summed E-state index contributed by atoms with van der Waals surface area (Å²) in [6.45, 7) is 5.18. The quantitative estimate of drug-likeness (QED) is 0.140. The number of anilines is 4. The molecule has 0 saturated carbocycles. The number of nitrogens with one attached hydrogen (secondary N) is 2. The van der Waals surface area contributed by atoms with E-state index in [-0.39, 0.29) is 5.91 Å². The molecule has 0 saturated heterocycles. The molecule has 10 nitrogen and oxygen atoms in total. The van der Waals surface area contributed by atoms with Gasteiger partial charge in [-0.1, -0.05) is 29.2 Å². The van der Waals surface area contributed by atoms with Gasteiger partial charge >= 0.3 is 0 Å². The Kier molecular flexibility index (Phi) is 8.79. The number of halogens is 1. The Morgan fingerprint density at radius 3 is 2.68 bits per heavy atom. The number of carbonyl (C=O) groups is 1. The molecule has 0 radical (unpaired) electrons. The fraction of sp³-hybridized carbons (Fsp3) is 0.259. The van der Waals surface area contributed by atoms with Gasteiger partial charge in [-0.2, -0.15) is 0 Å². The number of hydrogen-bond donors (Lipinski definition) is 2. The smallest absolute Gasteiger partial charge is 0.247 e. The predicted molar refractivity (Wildman–Crippen MR) is 162 cm³/mol. The minimum atomic E-state index is -0.305. The number of likely N-dealkylation sites (N-methyl/N-ethyl adjacent to an activating group) is 2. The van der Waals surface area contributed by atoms with Gasteiger partial charge in [0, 0.05) is 50.4 Å². The van der Waals surface area contributed by atoms with E-state index in [1.54, 1.807) is 19.5 Å². The van der Waals surface area contributed by atoms with Crippen LogP contribution in [0, 0.1) is 0 Å². The molecule has 0 bridgehead atoms. The van der Waals surface area contributed by atoms with Gasteiger partial charge in [0.15, 0.2) is 0 Å². The van der Waals surface area contributed by atoms with E-state index < -0.39 is 0 Å². The molecule has 0 unspecified atom stereocenters. The summed E-state index contributed by atoms with van der Waals surface area (Å²) in [6.07, 6.45) is 6.79. The fourth-order valence-corrected chi connectivity index (χ4v) is 4.57. The number of aromatic nitrogens is 4. The standard InChI is InChI=1S/C27H31IN8O2/c1-6-25(37)31-20-14-21(24(38-5)15-23(20)35(4)13-12-34(2)3)33-27-30-11-9-19(32-27)18-16-36(17-28)22-8-7-10-29-26(18)22/h6-11,14-16H,1,12-13,17H2,2-5H3,(H,31,37)(H,30,32,33). The third-order valence-electron chi connectivity index (χ3n) is 6.00. The van der Waals surface area contributed by atoms with Crippen LogP contribution < -0.4 is 20.3 Å². The van der Waals surface area contributed by atoms with E-state index in [0.717, 1.165) is 45.6 Å². The van der Waals surface area contributed by atoms with Crippen LogP contribution in [-0.4, -0.2) is 71.7 Å². The van der Waals surface area contributed by atoms with E-state index in [1.165, 1.54) is 6.08 Å². The molecule has 0 aliphatic rings. The third kappa shape index (κ3) is 6.05. The zero-order chi connectivity index (χ0) is 27.2. The van der Waals surface area contributed by atoms with Gasteiger partial charge in [-0.3, -0.25) is 9.78 Å². The van der Waals surface area contributed by atoms with Crippen molar-refractivity contribution in [1.29, 1.82) is 0 Å². The Labute approximate surface area is 235 Å². The Hall–Kier alpha value is -3.71. The molecule has 38 heavy (non-hydrogen) atoms. The monoisotopic (exact) mass is 626 g/mol. The summed E-state index contributed by atoms with van der Waals surface area (Å²) in [5.74, 6) is 0.674. The second-order valence-electron chi connectivity index (χ2n) is 8.88. The number of benzene rings is 1. The summed E-state index contributed by atoms with van der Waals surface area (Å²) in [5.41, 5.74) is 5.64. The lowest BCUT2D eigenvalue weighted by Crippen LogP contribution is -2.29. The number of carbonyl (C=O) groups excluding carboxylic acids is 1. The second kappa shape index (κ2) is 12.2. The lowest BCUT2D eigenvalue weighted by Gasteiger charge is -2.26. The van der Waals surface area contributed by atoms with Crippen molar-refractivity contribution in [2.24, 2.45) is 0 Å². The number of nitrogens with zero attached hydrogens (tertiary/aromatic N) is 6. The topological polar surface area (TPSA) is 100 Å². The minimum Gasteiger partial charge on any atom is -0.494 e. The van der Waals surface area contributed by atoms with Gasteiger partial charge in [0.05, 0.1) is 45.5 Å². The van der Waals surface area contributed by atoms with Crippen LogP contribution in [0.15, 0.2) is 61.6 Å². The maximum atomic E-state index is 12.2. The summed E-state index contributed by atoms with van der Waals surface area (Å²) in [4.78, 5) is 30.2. The number of amides is 1. The van der Waals surface area contributed by atoms with Crippen LogP contribution in [-0.2, 0) is 9.35 Å². The van der Waals surface area contributed by atoms with Crippen molar-refractivity contribution in [1.82, 2.24) is 24.4 Å². The van der Waals surface area contributed by atoms with Crippen LogP contribution in [0.3, 0.4) is 0 Å². The zero-order valence-corrected chi connectivity index (χ0v) is 24.1. The van der Waals surface area contributed by atoms with E-state index in [1.807, 2.05) is 51.5 Å². The van der Waals surface area contributed by atoms with E-state index in [4.69, 9.17) is 9.72 Å². The average Bonchev–Trinajstić information content (AvgIpc) is 3.31. The Morgan fingerprint density at radius 2 is 1.97 bits per heavy atom. The van der Waals surface area contributed by atoms with Gasteiger partial charge < -0.3 is 29.7 Å². The molecule has 0 atom stereocenters. The van der Waals surface area contributed by atoms with Gasteiger partial charge in [0.25, 0.3) is 0 Å². The molecule has 0 aliphatic heterocycles. The van der Waals surface area contributed by atoms with Crippen LogP contribution in [0.1, 0.15) is 0 Å². The number of ether oxygens (including phenoxy) is 1. The number of hydrogen-bond acceptors (Lipinski definition) is 8. The highest BCUT2D eigenvalue weighted by molar-refractivity contribution is 14.1. The Bertz CT molecular complexity index is 1450. The van der Waals surface area contributed by atoms with Crippen LogP contribution in [0.5, 0.6) is 5.75 Å². The van der Waals surface area contributed by atoms with Crippen LogP contribution in [0.4, 0.5) is 23.0 Å². The molecule has 3 aromatic heterocycles. The maximum Gasteiger partial charge on any atom is 0.247 e. The first-order valence-corrected chi connectivity index (χ1v) is 13.5. The first kappa shape index (κ1) is 27.3. The van der Waals surface area contributed by atoms with Gasteiger partial charge in [0.1, 0.15) is 5.75 Å². The normalized spacial score (nSPS) is 11.0. The van der Waals surface area contributed by atoms with Crippen molar-refractivity contribution in [2.45, 2.75) is 4.55 Å². The molecule has 1 aromatic carbocycles. The zero-order valence-electron chi connectivity index (χ0n) is 21.9. The number of rotatable bonds is 11. The van der Waals surface area contributed by atoms with Gasteiger partial charge in [-0.05, 0) is 44.4 Å². The summed E-state index contributed by atoms with van der Waals surface area (Å²) in [7, 11) is 7.62. The van der Waals surface area contributed by atoms with Gasteiger partial charge in [0.2, 0.25) is 11.9 Å².